The van der Waals surface area contributed by atoms with Crippen LogP contribution in [0.25, 0.3) is 5.65 Å². The Balaban J connectivity index is 1.46. The largest absolute Gasteiger partial charge is 0.447 e. The van der Waals surface area contributed by atoms with E-state index in [4.69, 9.17) is 9.47 Å². The molecule has 0 aliphatic carbocycles. The highest BCUT2D eigenvalue weighted by Crippen LogP contribution is 2.39. The highest BCUT2D eigenvalue weighted by atomic mass is 32.2. The van der Waals surface area contributed by atoms with Gasteiger partial charge in [-0.25, -0.2) is 9.67 Å². The Labute approximate surface area is 244 Å². The van der Waals surface area contributed by atoms with Crippen LogP contribution in [0.5, 0.6) is 0 Å². The summed E-state index contributed by atoms with van der Waals surface area (Å²) < 4.78 is 69.1. The molecule has 2 aliphatic heterocycles. The average Bonchev–Trinajstić information content (AvgIpc) is 3.48. The Bertz CT molecular complexity index is 1470. The summed E-state index contributed by atoms with van der Waals surface area (Å²) >= 11 is -0.302. The summed E-state index contributed by atoms with van der Waals surface area (Å²) in [6.07, 6.45) is 4.23. The minimum atomic E-state index is -4.58. The first-order valence-corrected chi connectivity index (χ1v) is 14.4. The van der Waals surface area contributed by atoms with Crippen molar-refractivity contribution in [1.29, 1.82) is 0 Å². The normalized spacial score (nSPS) is 21.7. The molecule has 10 nitrogen and oxygen atoms in total. The van der Waals surface area contributed by atoms with Crippen LogP contribution in [0.3, 0.4) is 0 Å². The third kappa shape index (κ3) is 7.35. The van der Waals surface area contributed by atoms with Crippen molar-refractivity contribution in [3.05, 3.63) is 41.7 Å². The third-order valence-corrected chi connectivity index (χ3v) is 7.93. The summed E-state index contributed by atoms with van der Waals surface area (Å²) in [5.41, 5.74) is -4.01. The molecule has 3 aromatic heterocycles. The molecule has 226 valence electrons. The number of nitrogens with zero attached hydrogens (tertiary/aromatic N) is 5. The van der Waals surface area contributed by atoms with Crippen molar-refractivity contribution >= 4 is 29.0 Å². The van der Waals surface area contributed by atoms with Crippen molar-refractivity contribution in [2.45, 2.75) is 36.0 Å². The number of alkyl halides is 3. The van der Waals surface area contributed by atoms with Crippen LogP contribution in [-0.4, -0.2) is 94.6 Å². The molecule has 0 spiro atoms. The summed E-state index contributed by atoms with van der Waals surface area (Å²) in [6.45, 7) is 2.96. The van der Waals surface area contributed by atoms with Crippen molar-refractivity contribution in [3.8, 4) is 11.8 Å². The molecule has 5 rings (SSSR count). The second-order valence-electron chi connectivity index (χ2n) is 10.1. The van der Waals surface area contributed by atoms with E-state index in [1.54, 1.807) is 12.1 Å². The van der Waals surface area contributed by atoms with Crippen LogP contribution in [0.15, 0.2) is 29.6 Å². The number of carbonyl (C=O) groups is 1. The van der Waals surface area contributed by atoms with E-state index in [2.05, 4.69) is 44.5 Å². The molecule has 2 atom stereocenters. The second-order valence-corrected chi connectivity index (χ2v) is 11.1. The number of pyridine rings is 1. The summed E-state index contributed by atoms with van der Waals surface area (Å²) in [7, 11) is 2.06. The number of halogens is 4. The molecule has 0 radical (unpaired) electrons. The van der Waals surface area contributed by atoms with Crippen molar-refractivity contribution in [2.75, 3.05) is 58.4 Å². The maximum atomic E-state index is 14.7. The van der Waals surface area contributed by atoms with Crippen LogP contribution in [0.2, 0.25) is 0 Å². The Morgan fingerprint density at radius 1 is 1.14 bits per heavy atom. The lowest BCUT2D eigenvalue weighted by atomic mass is 9.89. The van der Waals surface area contributed by atoms with Gasteiger partial charge in [-0.3, -0.25) is 9.20 Å². The zero-order valence-electron chi connectivity index (χ0n) is 22.9. The predicted octanol–water partition coefficient (Wildman–Crippen LogP) is 3.23. The van der Waals surface area contributed by atoms with Gasteiger partial charge in [0, 0.05) is 37.2 Å². The number of hydrogen-bond donors (Lipinski definition) is 2. The summed E-state index contributed by atoms with van der Waals surface area (Å²) in [5.74, 6) is 3.96. The highest BCUT2D eigenvalue weighted by Gasteiger charge is 2.34. The molecule has 42 heavy (non-hydrogen) atoms. The van der Waals surface area contributed by atoms with Gasteiger partial charge in [-0.15, -0.1) is 0 Å². The minimum Gasteiger partial charge on any atom is -0.379 e. The number of fused-ring (bicyclic) bond motifs is 4. The second kappa shape index (κ2) is 13.3. The monoisotopic (exact) mass is 609 g/mol. The van der Waals surface area contributed by atoms with Crippen LogP contribution in [0, 0.1) is 23.7 Å². The fourth-order valence-corrected chi connectivity index (χ4v) is 5.74. The van der Waals surface area contributed by atoms with Crippen LogP contribution >= 0.6 is 11.8 Å². The number of rotatable bonds is 1. The molecular weight excluding hydrogens is 578 g/mol. The number of ether oxygens (including phenoxy) is 2. The third-order valence-electron chi connectivity index (χ3n) is 7.11. The molecule has 1 fully saturated rings. The Morgan fingerprint density at radius 3 is 2.76 bits per heavy atom. The smallest absolute Gasteiger partial charge is 0.379 e. The molecule has 2 aliphatic rings. The number of anilines is 1. The van der Waals surface area contributed by atoms with E-state index >= 15 is 0 Å². The van der Waals surface area contributed by atoms with Gasteiger partial charge in [-0.1, -0.05) is 5.92 Å². The van der Waals surface area contributed by atoms with Gasteiger partial charge < -0.3 is 25.0 Å². The van der Waals surface area contributed by atoms with Gasteiger partial charge in [-0.05, 0) is 50.4 Å². The van der Waals surface area contributed by atoms with Gasteiger partial charge in [0.2, 0.25) is 5.95 Å². The van der Waals surface area contributed by atoms with Crippen LogP contribution in [-0.2, 0) is 16.0 Å². The molecule has 1 saturated heterocycles. The standard InChI is InChI=1S/C27H31F4N7O3S/c1-36-10-6-20-18(17-36)7-12-40-14-15-41-13-11-38-23(28)19(16-33-38)25(39)32-8-2-4-22-26(42-27(29,30)31)37-9-3-5-21(34-20)24(37)35-22/h3,5,9,16,18,20,34H,6-8,10-15,17H2,1H3,(H,32,39)/t18-,20-/m0/s1. The van der Waals surface area contributed by atoms with E-state index in [1.165, 1.54) is 10.6 Å². The number of nitrogens with one attached hydrogen (secondary N) is 2. The Kier molecular flexibility index (Phi) is 9.57. The van der Waals surface area contributed by atoms with E-state index < -0.39 is 17.4 Å². The van der Waals surface area contributed by atoms with Gasteiger partial charge in [0.05, 0.1) is 44.8 Å². The van der Waals surface area contributed by atoms with Crippen LogP contribution < -0.4 is 10.6 Å². The predicted molar refractivity (Wildman–Crippen MR) is 148 cm³/mol. The maximum absolute atomic E-state index is 14.7. The zero-order valence-corrected chi connectivity index (χ0v) is 23.7. The molecule has 1 amide bonds. The molecule has 0 aromatic carbocycles. The van der Waals surface area contributed by atoms with Crippen LogP contribution in [0.4, 0.5) is 23.2 Å². The average molecular weight is 610 g/mol. The van der Waals surface area contributed by atoms with E-state index in [0.717, 1.165) is 36.8 Å². The first-order valence-electron chi connectivity index (χ1n) is 13.6. The minimum absolute atomic E-state index is 0.0581. The van der Waals surface area contributed by atoms with Crippen LogP contribution in [0.1, 0.15) is 28.9 Å². The zero-order chi connectivity index (χ0) is 29.7. The van der Waals surface area contributed by atoms with Crippen molar-refractivity contribution in [1.82, 2.24) is 29.4 Å². The van der Waals surface area contributed by atoms with E-state index in [1.807, 2.05) is 0 Å². The van der Waals surface area contributed by atoms with E-state index in [0.29, 0.717) is 31.2 Å². The highest BCUT2D eigenvalue weighted by molar-refractivity contribution is 8.00. The molecule has 0 saturated carbocycles. The molecule has 3 aromatic rings. The SMILES string of the molecule is CN1CC[C@@H]2Nc3cccn4c(SC(F)(F)F)c(nc34)C#CCNC(=O)c3cnn(c3F)CCOCCOCC[C@H]2C1. The van der Waals surface area contributed by atoms with Gasteiger partial charge >= 0.3 is 5.51 Å². The lowest BCUT2D eigenvalue weighted by Crippen LogP contribution is -2.45. The number of piperidine rings is 1. The van der Waals surface area contributed by atoms with Crippen molar-refractivity contribution in [3.63, 3.8) is 0 Å². The fraction of sp³-hybridized carbons (Fsp3) is 0.519. The Morgan fingerprint density at radius 2 is 1.95 bits per heavy atom. The number of hydrogen-bond acceptors (Lipinski definition) is 8. The number of likely N-dealkylation sites (tertiary alicyclic amines) is 1. The molecule has 15 heteroatoms. The molecule has 0 unspecified atom stereocenters. The van der Waals surface area contributed by atoms with E-state index in [9.17, 15) is 22.4 Å². The van der Waals surface area contributed by atoms with E-state index in [-0.39, 0.29) is 59.7 Å². The van der Waals surface area contributed by atoms with Crippen molar-refractivity contribution < 1.29 is 31.8 Å². The van der Waals surface area contributed by atoms with Crippen molar-refractivity contribution in [2.24, 2.45) is 5.92 Å². The van der Waals surface area contributed by atoms with Gasteiger partial charge in [0.1, 0.15) is 16.3 Å². The number of carbonyl (C=O) groups excluding carboxylic acids is 1. The first-order chi connectivity index (χ1) is 20.2. The maximum Gasteiger partial charge on any atom is 0.447 e. The number of imidazole rings is 1. The fourth-order valence-electron chi connectivity index (χ4n) is 5.08. The van der Waals surface area contributed by atoms with Gasteiger partial charge in [0.25, 0.3) is 5.91 Å². The molecule has 2 N–H and O–H groups in total. The summed E-state index contributed by atoms with van der Waals surface area (Å²) in [5, 5.41) is 9.71. The quantitative estimate of drug-likeness (QED) is 0.247. The number of amides is 1. The van der Waals surface area contributed by atoms with Gasteiger partial charge in [0.15, 0.2) is 5.65 Å². The number of aromatic nitrogens is 4. The lowest BCUT2D eigenvalue weighted by molar-refractivity contribution is -0.0330. The lowest BCUT2D eigenvalue weighted by Gasteiger charge is -2.37. The summed E-state index contributed by atoms with van der Waals surface area (Å²) in [4.78, 5) is 19.2. The van der Waals surface area contributed by atoms with Gasteiger partial charge in [-0.2, -0.15) is 22.7 Å². The Hall–Kier alpha value is -3.32. The molecule has 5 heterocycles. The topological polar surface area (TPSA) is 98.0 Å². The molecule has 4 bridgehead atoms. The molecular formula is C27H31F4N7O3S. The number of thioether (sulfide) groups is 1. The first kappa shape index (κ1) is 30.1. The summed E-state index contributed by atoms with van der Waals surface area (Å²) in [6, 6.07) is 3.52.